The van der Waals surface area contributed by atoms with Crippen LogP contribution in [0.2, 0.25) is 0 Å². The van der Waals surface area contributed by atoms with Crippen molar-refractivity contribution in [2.45, 2.75) is 13.0 Å². The summed E-state index contributed by atoms with van der Waals surface area (Å²) in [7, 11) is 0. The van der Waals surface area contributed by atoms with Crippen molar-refractivity contribution in [3.63, 3.8) is 0 Å². The molecular weight excluding hydrogens is 260 g/mol. The Labute approximate surface area is 123 Å². The molecular formula is C17H16N4. The minimum atomic E-state index is 0.336. The fourth-order valence-electron chi connectivity index (χ4n) is 2.99. The van der Waals surface area contributed by atoms with E-state index in [0.29, 0.717) is 5.95 Å². The normalized spacial score (nSPS) is 14.2. The van der Waals surface area contributed by atoms with E-state index in [-0.39, 0.29) is 0 Å². The molecule has 0 unspecified atom stereocenters. The SMILES string of the molecule is Nc1nc(N2CCc3ccccc3C2)c2ccccc2n1. The van der Waals surface area contributed by atoms with Crippen molar-refractivity contribution in [2.75, 3.05) is 17.2 Å². The molecule has 0 radical (unpaired) electrons. The van der Waals surface area contributed by atoms with Crippen LogP contribution in [-0.2, 0) is 13.0 Å². The number of fused-ring (bicyclic) bond motifs is 2. The average Bonchev–Trinajstić information content (AvgIpc) is 2.53. The molecule has 1 aliphatic rings. The van der Waals surface area contributed by atoms with Gasteiger partial charge in [0.25, 0.3) is 0 Å². The summed E-state index contributed by atoms with van der Waals surface area (Å²) >= 11 is 0. The molecule has 4 nitrogen and oxygen atoms in total. The number of nitrogens with zero attached hydrogens (tertiary/aromatic N) is 3. The lowest BCUT2D eigenvalue weighted by atomic mass is 10.00. The Balaban J connectivity index is 1.81. The van der Waals surface area contributed by atoms with Gasteiger partial charge in [-0.1, -0.05) is 36.4 Å². The predicted octanol–water partition coefficient (Wildman–Crippen LogP) is 2.77. The van der Waals surface area contributed by atoms with Gasteiger partial charge in [-0.2, -0.15) is 4.98 Å². The third kappa shape index (κ3) is 2.09. The number of hydrogen-bond acceptors (Lipinski definition) is 4. The molecule has 0 saturated carbocycles. The van der Waals surface area contributed by atoms with Crippen LogP contribution >= 0.6 is 0 Å². The van der Waals surface area contributed by atoms with Crippen LogP contribution in [0.4, 0.5) is 11.8 Å². The molecule has 0 spiro atoms. The Hall–Kier alpha value is -2.62. The fraction of sp³-hybridized carbons (Fsp3) is 0.176. The lowest BCUT2D eigenvalue weighted by molar-refractivity contribution is 0.724. The molecule has 1 aromatic heterocycles. The zero-order valence-corrected chi connectivity index (χ0v) is 11.7. The van der Waals surface area contributed by atoms with Crippen LogP contribution in [0.3, 0.4) is 0 Å². The van der Waals surface area contributed by atoms with Crippen molar-refractivity contribution in [3.8, 4) is 0 Å². The van der Waals surface area contributed by atoms with E-state index >= 15 is 0 Å². The monoisotopic (exact) mass is 276 g/mol. The first-order valence-corrected chi connectivity index (χ1v) is 7.15. The summed E-state index contributed by atoms with van der Waals surface area (Å²) in [4.78, 5) is 11.1. The van der Waals surface area contributed by atoms with Gasteiger partial charge < -0.3 is 10.6 Å². The molecule has 4 heteroatoms. The standard InChI is InChI=1S/C17H16N4/c18-17-19-15-8-4-3-7-14(15)16(20-17)21-10-9-12-5-1-2-6-13(12)11-21/h1-8H,9-11H2,(H2,18,19,20). The zero-order chi connectivity index (χ0) is 14.2. The highest BCUT2D eigenvalue weighted by Crippen LogP contribution is 2.29. The van der Waals surface area contributed by atoms with Gasteiger partial charge >= 0.3 is 0 Å². The Bertz CT molecular complexity index is 813. The Morgan fingerprint density at radius 2 is 1.67 bits per heavy atom. The van der Waals surface area contributed by atoms with E-state index in [1.807, 2.05) is 18.2 Å². The lowest BCUT2D eigenvalue weighted by Crippen LogP contribution is -2.31. The molecule has 2 N–H and O–H groups in total. The number of anilines is 2. The van der Waals surface area contributed by atoms with Gasteiger partial charge in [0, 0.05) is 18.5 Å². The quantitative estimate of drug-likeness (QED) is 0.742. The molecule has 21 heavy (non-hydrogen) atoms. The number of benzene rings is 2. The Morgan fingerprint density at radius 1 is 0.905 bits per heavy atom. The minimum absolute atomic E-state index is 0.336. The van der Waals surface area contributed by atoms with Gasteiger partial charge in [0.1, 0.15) is 5.82 Å². The van der Waals surface area contributed by atoms with E-state index in [4.69, 9.17) is 5.73 Å². The van der Waals surface area contributed by atoms with Crippen LogP contribution in [0, 0.1) is 0 Å². The molecule has 3 aromatic rings. The van der Waals surface area contributed by atoms with Gasteiger partial charge in [-0.25, -0.2) is 4.98 Å². The third-order valence-electron chi connectivity index (χ3n) is 4.03. The zero-order valence-electron chi connectivity index (χ0n) is 11.7. The van der Waals surface area contributed by atoms with E-state index in [2.05, 4.69) is 45.2 Å². The van der Waals surface area contributed by atoms with Crippen molar-refractivity contribution in [2.24, 2.45) is 0 Å². The number of nitrogen functional groups attached to an aromatic ring is 1. The smallest absolute Gasteiger partial charge is 0.222 e. The molecule has 4 rings (SSSR count). The maximum atomic E-state index is 5.88. The minimum Gasteiger partial charge on any atom is -0.368 e. The van der Waals surface area contributed by atoms with Gasteiger partial charge in [-0.05, 0) is 29.7 Å². The van der Waals surface area contributed by atoms with Gasteiger partial charge in [0.2, 0.25) is 5.95 Å². The summed E-state index contributed by atoms with van der Waals surface area (Å²) in [5.41, 5.74) is 9.58. The Morgan fingerprint density at radius 3 is 2.57 bits per heavy atom. The van der Waals surface area contributed by atoms with E-state index in [1.54, 1.807) is 0 Å². The van der Waals surface area contributed by atoms with Crippen LogP contribution in [0.1, 0.15) is 11.1 Å². The van der Waals surface area contributed by atoms with Crippen molar-refractivity contribution < 1.29 is 0 Å². The number of rotatable bonds is 1. The number of hydrogen-bond donors (Lipinski definition) is 1. The summed E-state index contributed by atoms with van der Waals surface area (Å²) in [5.74, 6) is 1.27. The molecule has 0 atom stereocenters. The highest BCUT2D eigenvalue weighted by Gasteiger charge is 2.19. The van der Waals surface area contributed by atoms with Crippen molar-refractivity contribution in [3.05, 3.63) is 59.7 Å². The van der Waals surface area contributed by atoms with E-state index in [1.165, 1.54) is 11.1 Å². The van der Waals surface area contributed by atoms with Crippen molar-refractivity contribution >= 4 is 22.7 Å². The highest BCUT2D eigenvalue weighted by atomic mass is 15.2. The summed E-state index contributed by atoms with van der Waals surface area (Å²) in [6, 6.07) is 16.6. The van der Waals surface area contributed by atoms with Gasteiger partial charge in [-0.3, -0.25) is 0 Å². The molecule has 1 aliphatic heterocycles. The maximum absolute atomic E-state index is 5.88. The largest absolute Gasteiger partial charge is 0.368 e. The van der Waals surface area contributed by atoms with Crippen molar-refractivity contribution in [1.29, 1.82) is 0 Å². The molecule has 104 valence electrons. The molecule has 0 bridgehead atoms. The van der Waals surface area contributed by atoms with E-state index in [0.717, 1.165) is 36.2 Å². The maximum Gasteiger partial charge on any atom is 0.222 e. The number of aromatic nitrogens is 2. The Kier molecular flexibility index (Phi) is 2.74. The van der Waals surface area contributed by atoms with E-state index in [9.17, 15) is 0 Å². The molecule has 0 amide bonds. The van der Waals surface area contributed by atoms with Crippen LogP contribution in [-0.4, -0.2) is 16.5 Å². The van der Waals surface area contributed by atoms with Crippen LogP contribution in [0.15, 0.2) is 48.5 Å². The number of para-hydroxylation sites is 1. The first kappa shape index (κ1) is 12.1. The summed E-state index contributed by atoms with van der Waals surface area (Å²) in [6.45, 7) is 1.83. The molecule has 2 heterocycles. The first-order valence-electron chi connectivity index (χ1n) is 7.15. The fourth-order valence-corrected chi connectivity index (χ4v) is 2.99. The predicted molar refractivity (Wildman–Crippen MR) is 85.1 cm³/mol. The van der Waals surface area contributed by atoms with Crippen LogP contribution in [0.25, 0.3) is 10.9 Å². The van der Waals surface area contributed by atoms with Gasteiger partial charge in [0.05, 0.1) is 5.52 Å². The molecule has 2 aromatic carbocycles. The van der Waals surface area contributed by atoms with Crippen molar-refractivity contribution in [1.82, 2.24) is 9.97 Å². The third-order valence-corrected chi connectivity index (χ3v) is 4.03. The second-order valence-electron chi connectivity index (χ2n) is 5.36. The highest BCUT2D eigenvalue weighted by molar-refractivity contribution is 5.90. The molecule has 0 saturated heterocycles. The summed E-state index contributed by atoms with van der Waals surface area (Å²) in [6.07, 6.45) is 1.04. The van der Waals surface area contributed by atoms with E-state index < -0.39 is 0 Å². The number of nitrogens with two attached hydrogens (primary N) is 1. The topological polar surface area (TPSA) is 55.0 Å². The van der Waals surface area contributed by atoms with Gasteiger partial charge in [-0.15, -0.1) is 0 Å². The van der Waals surface area contributed by atoms with Crippen LogP contribution < -0.4 is 10.6 Å². The molecule has 0 aliphatic carbocycles. The molecule has 0 fully saturated rings. The lowest BCUT2D eigenvalue weighted by Gasteiger charge is -2.30. The van der Waals surface area contributed by atoms with Crippen LogP contribution in [0.5, 0.6) is 0 Å². The first-order chi connectivity index (χ1) is 10.3. The average molecular weight is 276 g/mol. The second kappa shape index (κ2) is 4.74. The summed E-state index contributed by atoms with van der Waals surface area (Å²) < 4.78 is 0. The van der Waals surface area contributed by atoms with Gasteiger partial charge in [0.15, 0.2) is 0 Å². The summed E-state index contributed by atoms with van der Waals surface area (Å²) in [5, 5.41) is 1.06. The second-order valence-corrected chi connectivity index (χ2v) is 5.36.